The zero-order valence-corrected chi connectivity index (χ0v) is 34.3. The summed E-state index contributed by atoms with van der Waals surface area (Å²) in [5.74, 6) is -1.08. The van der Waals surface area contributed by atoms with Crippen LogP contribution in [0.2, 0.25) is 0 Å². The molecule has 0 spiro atoms. The van der Waals surface area contributed by atoms with Crippen LogP contribution in [0.5, 0.6) is 0 Å². The fourth-order valence-corrected chi connectivity index (χ4v) is 5.85. The van der Waals surface area contributed by atoms with Gasteiger partial charge in [-0.1, -0.05) is 29.5 Å². The van der Waals surface area contributed by atoms with Crippen LogP contribution in [0.15, 0.2) is 53.6 Å². The number of benzene rings is 1. The second-order valence-corrected chi connectivity index (χ2v) is 14.3. The summed E-state index contributed by atoms with van der Waals surface area (Å²) in [6, 6.07) is 11.0. The third-order valence-electron chi connectivity index (χ3n) is 8.05. The van der Waals surface area contributed by atoms with Crippen molar-refractivity contribution in [2.24, 2.45) is 0 Å². The van der Waals surface area contributed by atoms with Crippen LogP contribution in [0.4, 0.5) is 5.69 Å². The Morgan fingerprint density at radius 1 is 0.852 bits per heavy atom. The Morgan fingerprint density at radius 2 is 1.59 bits per heavy atom. The van der Waals surface area contributed by atoms with Gasteiger partial charge in [0.25, 0.3) is 12.9 Å². The SMILES string of the molecule is O=COCC(COP(=O)(O)OCCCC(=O)OCCOCCCC(=O)OCc1cn(CC(O)COCCN(CCO)c2ccc(/C=C/c3ccc(=O)[nH]c3)cc2)nn1)OC=O. The number of rotatable bonds is 34. The second-order valence-electron chi connectivity index (χ2n) is 12.9. The van der Waals surface area contributed by atoms with Crippen LogP contribution in [0.1, 0.15) is 42.5 Å². The number of nitrogens with zero attached hydrogens (tertiary/aromatic N) is 4. The molecule has 0 fully saturated rings. The van der Waals surface area contributed by atoms with E-state index in [4.69, 9.17) is 23.5 Å². The molecule has 0 bridgehead atoms. The fraction of sp³-hybridized carbons (Fsp3) is 0.500. The molecule has 0 aliphatic rings. The van der Waals surface area contributed by atoms with E-state index < -0.39 is 38.6 Å². The lowest BCUT2D eigenvalue weighted by atomic mass is 10.1. The van der Waals surface area contributed by atoms with Crippen molar-refractivity contribution in [3.63, 3.8) is 0 Å². The van der Waals surface area contributed by atoms with E-state index in [1.807, 2.05) is 41.3 Å². The monoisotopic (exact) mass is 881 g/mol. The number of carbonyl (C=O) groups is 4. The van der Waals surface area contributed by atoms with Crippen LogP contribution in [0, 0.1) is 0 Å². The molecule has 336 valence electrons. The molecule has 0 aliphatic carbocycles. The van der Waals surface area contributed by atoms with Crippen molar-refractivity contribution >= 4 is 50.5 Å². The van der Waals surface area contributed by atoms with Gasteiger partial charge in [0.2, 0.25) is 5.56 Å². The average molecular weight is 882 g/mol. The molecular formula is C38H52N5O17P. The third kappa shape index (κ3) is 22.2. The van der Waals surface area contributed by atoms with E-state index in [1.54, 1.807) is 18.5 Å². The number of esters is 2. The van der Waals surface area contributed by atoms with Gasteiger partial charge < -0.3 is 53.4 Å². The van der Waals surface area contributed by atoms with Crippen LogP contribution in [0.3, 0.4) is 0 Å². The summed E-state index contributed by atoms with van der Waals surface area (Å²) in [5, 5.41) is 28.0. The zero-order valence-electron chi connectivity index (χ0n) is 33.4. The number of aliphatic hydroxyl groups excluding tert-OH is 2. The number of hydrogen-bond donors (Lipinski definition) is 4. The molecule has 3 rings (SSSR count). The molecule has 4 N–H and O–H groups in total. The Bertz CT molecular complexity index is 1860. The van der Waals surface area contributed by atoms with Gasteiger partial charge in [0.15, 0.2) is 6.10 Å². The first-order chi connectivity index (χ1) is 29.5. The van der Waals surface area contributed by atoms with Gasteiger partial charge in [-0.05, 0) is 42.2 Å². The van der Waals surface area contributed by atoms with Gasteiger partial charge in [-0.25, -0.2) is 9.25 Å². The van der Waals surface area contributed by atoms with Gasteiger partial charge in [0.05, 0.1) is 58.5 Å². The normalized spacial score (nSPS) is 13.2. The van der Waals surface area contributed by atoms with Crippen molar-refractivity contribution < 1.29 is 76.3 Å². The lowest BCUT2D eigenvalue weighted by molar-refractivity contribution is -0.145. The fourth-order valence-electron chi connectivity index (χ4n) is 5.06. The maximum absolute atomic E-state index is 12.1. The van der Waals surface area contributed by atoms with Gasteiger partial charge in [-0.2, -0.15) is 0 Å². The highest BCUT2D eigenvalue weighted by Gasteiger charge is 2.24. The summed E-state index contributed by atoms with van der Waals surface area (Å²) in [5.41, 5.74) is 2.95. The molecule has 0 amide bonds. The summed E-state index contributed by atoms with van der Waals surface area (Å²) in [7, 11) is -4.53. The van der Waals surface area contributed by atoms with Crippen LogP contribution < -0.4 is 10.5 Å². The number of H-pyrrole nitrogens is 1. The van der Waals surface area contributed by atoms with Gasteiger partial charge in [0.1, 0.15) is 25.5 Å². The van der Waals surface area contributed by atoms with E-state index in [1.165, 1.54) is 10.7 Å². The Hall–Kier alpha value is -5.32. The number of anilines is 1. The highest BCUT2D eigenvalue weighted by atomic mass is 31.2. The van der Waals surface area contributed by atoms with Crippen molar-refractivity contribution in [1.29, 1.82) is 0 Å². The number of hydrogen-bond acceptors (Lipinski definition) is 19. The van der Waals surface area contributed by atoms with E-state index in [2.05, 4.69) is 29.3 Å². The van der Waals surface area contributed by atoms with Crippen LogP contribution in [-0.4, -0.2) is 145 Å². The highest BCUT2D eigenvalue weighted by molar-refractivity contribution is 7.47. The predicted molar refractivity (Wildman–Crippen MR) is 213 cm³/mol. The molecule has 2 heterocycles. The molecule has 61 heavy (non-hydrogen) atoms. The Morgan fingerprint density at radius 3 is 2.31 bits per heavy atom. The van der Waals surface area contributed by atoms with Gasteiger partial charge in [-0.3, -0.25) is 33.0 Å². The highest BCUT2D eigenvalue weighted by Crippen LogP contribution is 2.43. The minimum absolute atomic E-state index is 0.0334. The molecule has 3 unspecified atom stereocenters. The van der Waals surface area contributed by atoms with Crippen molar-refractivity contribution in [2.75, 3.05) is 77.5 Å². The van der Waals surface area contributed by atoms with Crippen molar-refractivity contribution in [2.45, 2.75) is 51.0 Å². The number of phosphoric ester groups is 1. The minimum atomic E-state index is -4.53. The van der Waals surface area contributed by atoms with Gasteiger partial charge >= 0.3 is 19.8 Å². The van der Waals surface area contributed by atoms with E-state index in [0.717, 1.165) is 16.8 Å². The summed E-state index contributed by atoms with van der Waals surface area (Å²) in [6.45, 7) is 0.265. The van der Waals surface area contributed by atoms with Crippen molar-refractivity contribution in [1.82, 2.24) is 20.0 Å². The number of pyridine rings is 1. The van der Waals surface area contributed by atoms with E-state index >= 15 is 0 Å². The minimum Gasteiger partial charge on any atom is -0.464 e. The van der Waals surface area contributed by atoms with E-state index in [9.17, 15) is 43.6 Å². The van der Waals surface area contributed by atoms with Crippen molar-refractivity contribution in [3.8, 4) is 0 Å². The quantitative estimate of drug-likeness (QED) is 0.0214. The largest absolute Gasteiger partial charge is 0.472 e. The standard InChI is InChI=1S/C38H52N5O17P/c44-15-13-42(33-10-7-30(8-11-33)5-6-31-9-12-36(48)39-21-31)14-18-54-25-34(47)23-43-22-32(40-41-43)24-57-38(50)3-1-16-53-19-20-56-37(49)4-2-17-59-61(51,52)60-27-35(58-29-46)26-55-28-45/h5-12,21-22,28-29,34-35,44,47H,1-4,13-20,23-27H2,(H,39,48)(H,51,52)/b6-5+. The number of aliphatic hydroxyl groups is 2. The Kier molecular flexibility index (Phi) is 23.8. The Balaban J connectivity index is 1.19. The summed E-state index contributed by atoms with van der Waals surface area (Å²) in [6.07, 6.45) is 5.34. The molecule has 23 heteroatoms. The predicted octanol–water partition coefficient (Wildman–Crippen LogP) is 1.02. The van der Waals surface area contributed by atoms with Crippen molar-refractivity contribution in [3.05, 3.63) is 76.0 Å². The Labute approximate surface area is 350 Å². The molecule has 0 saturated carbocycles. The summed E-state index contributed by atoms with van der Waals surface area (Å²) >= 11 is 0. The number of nitrogens with one attached hydrogen (secondary N) is 1. The summed E-state index contributed by atoms with van der Waals surface area (Å²) in [4.78, 5) is 70.2. The lowest BCUT2D eigenvalue weighted by Crippen LogP contribution is -2.31. The second kappa shape index (κ2) is 29.0. The molecule has 2 aromatic heterocycles. The smallest absolute Gasteiger partial charge is 0.464 e. The van der Waals surface area contributed by atoms with Gasteiger partial charge in [0, 0.05) is 50.5 Å². The molecule has 0 saturated heterocycles. The number of ether oxygens (including phenoxy) is 6. The maximum Gasteiger partial charge on any atom is 0.472 e. The maximum atomic E-state index is 12.1. The number of phosphoric acid groups is 1. The molecule has 22 nitrogen and oxygen atoms in total. The third-order valence-corrected chi connectivity index (χ3v) is 9.03. The van der Waals surface area contributed by atoms with E-state index in [0.29, 0.717) is 31.8 Å². The molecule has 1 aromatic carbocycles. The molecule has 0 aliphatic heterocycles. The molecular weight excluding hydrogens is 829 g/mol. The summed E-state index contributed by atoms with van der Waals surface area (Å²) < 4.78 is 53.0. The zero-order chi connectivity index (χ0) is 44.1. The van der Waals surface area contributed by atoms with Gasteiger partial charge in [-0.15, -0.1) is 5.10 Å². The average Bonchev–Trinajstić information content (AvgIpc) is 3.70. The van der Waals surface area contributed by atoms with Crippen LogP contribution in [0.25, 0.3) is 12.2 Å². The molecule has 3 aromatic rings. The van der Waals surface area contributed by atoms with E-state index in [-0.39, 0.29) is 97.2 Å². The topological polar surface area (TPSA) is 287 Å². The van der Waals surface area contributed by atoms with Crippen LogP contribution >= 0.6 is 7.82 Å². The van der Waals surface area contributed by atoms with Crippen LogP contribution in [-0.2, 0) is 74.4 Å². The number of aromatic nitrogens is 4. The number of aromatic amines is 1. The molecule has 3 atom stereocenters. The lowest BCUT2D eigenvalue weighted by Gasteiger charge is -2.24. The number of carbonyl (C=O) groups excluding carboxylic acids is 4. The first-order valence-electron chi connectivity index (χ1n) is 19.1. The first kappa shape index (κ1) is 50.0. The molecule has 0 radical (unpaired) electrons. The first-order valence-corrected chi connectivity index (χ1v) is 20.6.